The Kier molecular flexibility index (Phi) is 6.93. The molecule has 1 aliphatic heterocycles. The van der Waals surface area contributed by atoms with Crippen molar-refractivity contribution in [3.8, 4) is 5.75 Å². The van der Waals surface area contributed by atoms with Crippen LogP contribution in [-0.2, 0) is 9.59 Å². The molecule has 1 atom stereocenters. The van der Waals surface area contributed by atoms with Gasteiger partial charge < -0.3 is 10.1 Å². The number of para-hydroxylation sites is 1. The van der Waals surface area contributed by atoms with Gasteiger partial charge in [-0.3, -0.25) is 24.6 Å². The Morgan fingerprint density at radius 3 is 2.64 bits per heavy atom. The van der Waals surface area contributed by atoms with E-state index in [0.29, 0.717) is 10.9 Å². The fraction of sp³-hybridized carbons (Fsp3) is 0.348. The number of non-ortho nitro benzene ring substituents is 1. The first-order valence-corrected chi connectivity index (χ1v) is 11.6. The smallest absolute Gasteiger partial charge is 0.271 e. The number of nitro groups is 1. The number of nitro benzene ring substituents is 1. The van der Waals surface area contributed by atoms with Crippen molar-refractivity contribution in [2.75, 3.05) is 12.4 Å². The zero-order valence-corrected chi connectivity index (χ0v) is 18.9. The highest BCUT2D eigenvalue weighted by Gasteiger charge is 2.43. The van der Waals surface area contributed by atoms with Crippen LogP contribution in [0.25, 0.3) is 0 Å². The molecule has 1 saturated carbocycles. The van der Waals surface area contributed by atoms with Crippen LogP contribution in [0.4, 0.5) is 17.1 Å². The number of nitrogens with one attached hydrogen (secondary N) is 1. The van der Waals surface area contributed by atoms with Crippen LogP contribution in [0.2, 0.25) is 0 Å². The number of benzene rings is 2. The average molecular weight is 469 g/mol. The molecule has 9 nitrogen and oxygen atoms in total. The highest BCUT2D eigenvalue weighted by atomic mass is 32.2. The number of amidine groups is 1. The number of ether oxygens (including phenoxy) is 1. The molecule has 172 valence electrons. The molecule has 2 aromatic rings. The lowest BCUT2D eigenvalue weighted by molar-refractivity contribution is -0.384. The molecule has 33 heavy (non-hydrogen) atoms. The van der Waals surface area contributed by atoms with Crippen molar-refractivity contribution in [2.24, 2.45) is 4.99 Å². The molecule has 2 fully saturated rings. The van der Waals surface area contributed by atoms with Gasteiger partial charge in [-0.1, -0.05) is 42.8 Å². The number of anilines is 1. The predicted octanol–water partition coefficient (Wildman–Crippen LogP) is 4.51. The number of aliphatic imine (C=N–C) groups is 1. The zero-order chi connectivity index (χ0) is 23.4. The van der Waals surface area contributed by atoms with Gasteiger partial charge in [-0.15, -0.1) is 0 Å². The minimum atomic E-state index is -0.613. The number of rotatable bonds is 7. The quantitative estimate of drug-likeness (QED) is 0.472. The Balaban J connectivity index is 1.52. The molecule has 1 N–H and O–H groups in total. The van der Waals surface area contributed by atoms with E-state index in [0.717, 1.165) is 31.4 Å². The van der Waals surface area contributed by atoms with Gasteiger partial charge in [-0.25, -0.2) is 4.99 Å². The third-order valence-electron chi connectivity index (χ3n) is 5.68. The third kappa shape index (κ3) is 5.16. The van der Waals surface area contributed by atoms with E-state index in [1.807, 2.05) is 30.3 Å². The maximum absolute atomic E-state index is 13.3. The Morgan fingerprint density at radius 2 is 1.97 bits per heavy atom. The Labute approximate surface area is 195 Å². The van der Waals surface area contributed by atoms with Crippen molar-refractivity contribution in [1.82, 2.24) is 4.90 Å². The first kappa shape index (κ1) is 22.8. The van der Waals surface area contributed by atoms with Crippen molar-refractivity contribution < 1.29 is 19.2 Å². The molecule has 2 amide bonds. The van der Waals surface area contributed by atoms with Crippen LogP contribution in [0, 0.1) is 10.1 Å². The summed E-state index contributed by atoms with van der Waals surface area (Å²) >= 11 is 1.29. The molecule has 1 heterocycles. The van der Waals surface area contributed by atoms with E-state index in [1.54, 1.807) is 4.90 Å². The molecule has 4 rings (SSSR count). The molecule has 0 aromatic heterocycles. The molecule has 0 spiro atoms. The van der Waals surface area contributed by atoms with Gasteiger partial charge in [0.25, 0.3) is 5.69 Å². The summed E-state index contributed by atoms with van der Waals surface area (Å²) in [7, 11) is 1.42. The van der Waals surface area contributed by atoms with Gasteiger partial charge in [-0.2, -0.15) is 0 Å². The summed E-state index contributed by atoms with van der Waals surface area (Å²) in [6, 6.07) is 13.5. The molecular formula is C23H24N4O5S. The fourth-order valence-corrected chi connectivity index (χ4v) is 5.30. The normalized spacial score (nSPS) is 19.8. The number of amides is 2. The Morgan fingerprint density at radius 1 is 1.24 bits per heavy atom. The predicted molar refractivity (Wildman–Crippen MR) is 127 cm³/mol. The van der Waals surface area contributed by atoms with Crippen molar-refractivity contribution in [3.05, 3.63) is 58.6 Å². The third-order valence-corrected chi connectivity index (χ3v) is 6.83. The van der Waals surface area contributed by atoms with E-state index in [9.17, 15) is 19.7 Å². The van der Waals surface area contributed by atoms with Gasteiger partial charge in [0.2, 0.25) is 11.8 Å². The van der Waals surface area contributed by atoms with E-state index in [2.05, 4.69) is 5.32 Å². The topological polar surface area (TPSA) is 114 Å². The number of hydrogen-bond acceptors (Lipinski definition) is 7. The highest BCUT2D eigenvalue weighted by molar-refractivity contribution is 8.15. The molecular weight excluding hydrogens is 444 g/mol. The van der Waals surface area contributed by atoms with Crippen molar-refractivity contribution in [3.63, 3.8) is 0 Å². The van der Waals surface area contributed by atoms with Crippen LogP contribution in [-0.4, -0.2) is 45.2 Å². The summed E-state index contributed by atoms with van der Waals surface area (Å²) in [5.41, 5.74) is 0.780. The SMILES string of the molecule is COc1ccc([N+](=O)[O-])cc1NC(=O)C[C@H]1SC(=Nc2ccccc2)N(C2CCCC2)C1=O. The van der Waals surface area contributed by atoms with Crippen LogP contribution in [0.1, 0.15) is 32.1 Å². The average Bonchev–Trinajstić information content (AvgIpc) is 3.42. The number of nitrogens with zero attached hydrogens (tertiary/aromatic N) is 3. The first-order chi connectivity index (χ1) is 16.0. The first-order valence-electron chi connectivity index (χ1n) is 10.7. The molecule has 1 aliphatic carbocycles. The van der Waals surface area contributed by atoms with Crippen LogP contribution in [0.5, 0.6) is 5.75 Å². The molecule has 0 unspecified atom stereocenters. The van der Waals surface area contributed by atoms with Gasteiger partial charge in [0.15, 0.2) is 5.17 Å². The van der Waals surface area contributed by atoms with Crippen LogP contribution >= 0.6 is 11.8 Å². The summed E-state index contributed by atoms with van der Waals surface area (Å²) in [6.07, 6.45) is 3.89. The molecule has 1 saturated heterocycles. The fourth-order valence-electron chi connectivity index (χ4n) is 4.08. The second kappa shape index (κ2) is 10.0. The monoisotopic (exact) mass is 468 g/mol. The van der Waals surface area contributed by atoms with Crippen molar-refractivity contribution >= 4 is 45.8 Å². The zero-order valence-electron chi connectivity index (χ0n) is 18.1. The standard InChI is InChI=1S/C23H24N4O5S/c1-32-19-12-11-17(27(30)31)13-18(19)25-21(28)14-20-22(29)26(16-9-5-6-10-16)23(33-20)24-15-7-3-2-4-8-15/h2-4,7-8,11-13,16,20H,5-6,9-10,14H2,1H3,(H,25,28)/t20-/m1/s1. The maximum atomic E-state index is 13.3. The van der Waals surface area contributed by atoms with Crippen molar-refractivity contribution in [2.45, 2.75) is 43.4 Å². The summed E-state index contributed by atoms with van der Waals surface area (Å²) in [4.78, 5) is 43.1. The van der Waals surface area contributed by atoms with Gasteiger partial charge in [0.05, 0.1) is 23.4 Å². The molecule has 0 bridgehead atoms. The van der Waals surface area contributed by atoms with Crippen LogP contribution in [0.15, 0.2) is 53.5 Å². The number of hydrogen-bond donors (Lipinski definition) is 1. The maximum Gasteiger partial charge on any atom is 0.271 e. The number of carbonyl (C=O) groups excluding carboxylic acids is 2. The minimum Gasteiger partial charge on any atom is -0.495 e. The lowest BCUT2D eigenvalue weighted by Gasteiger charge is -2.23. The van der Waals surface area contributed by atoms with Crippen LogP contribution < -0.4 is 10.1 Å². The largest absolute Gasteiger partial charge is 0.495 e. The second-order valence-electron chi connectivity index (χ2n) is 7.88. The second-order valence-corrected chi connectivity index (χ2v) is 9.05. The Bertz CT molecular complexity index is 1090. The van der Waals surface area contributed by atoms with E-state index in [-0.39, 0.29) is 29.7 Å². The van der Waals surface area contributed by atoms with E-state index in [4.69, 9.17) is 9.73 Å². The molecule has 0 radical (unpaired) electrons. The van der Waals surface area contributed by atoms with Gasteiger partial charge in [0.1, 0.15) is 11.0 Å². The molecule has 2 aromatic carbocycles. The van der Waals surface area contributed by atoms with Gasteiger partial charge >= 0.3 is 0 Å². The van der Waals surface area contributed by atoms with Crippen molar-refractivity contribution in [1.29, 1.82) is 0 Å². The lowest BCUT2D eigenvalue weighted by Crippen LogP contribution is -2.40. The summed E-state index contributed by atoms with van der Waals surface area (Å²) in [5, 5.41) is 13.8. The van der Waals surface area contributed by atoms with E-state index in [1.165, 1.54) is 37.1 Å². The molecule has 2 aliphatic rings. The van der Waals surface area contributed by atoms with Gasteiger partial charge in [0, 0.05) is 24.6 Å². The highest BCUT2D eigenvalue weighted by Crippen LogP contribution is 2.37. The number of thioether (sulfide) groups is 1. The summed E-state index contributed by atoms with van der Waals surface area (Å²) < 4.78 is 5.20. The van der Waals surface area contributed by atoms with E-state index >= 15 is 0 Å². The lowest BCUT2D eigenvalue weighted by atomic mass is 10.2. The number of carbonyl (C=O) groups is 2. The van der Waals surface area contributed by atoms with Crippen LogP contribution in [0.3, 0.4) is 0 Å². The van der Waals surface area contributed by atoms with Gasteiger partial charge in [-0.05, 0) is 31.0 Å². The number of methoxy groups -OCH3 is 1. The summed E-state index contributed by atoms with van der Waals surface area (Å²) in [6.45, 7) is 0. The molecule has 10 heteroatoms. The van der Waals surface area contributed by atoms with E-state index < -0.39 is 16.1 Å². The minimum absolute atomic E-state index is 0.0770. The Hall–Kier alpha value is -3.40. The summed E-state index contributed by atoms with van der Waals surface area (Å²) in [5.74, 6) is -0.243.